The summed E-state index contributed by atoms with van der Waals surface area (Å²) in [4.78, 5) is 14.6. The summed E-state index contributed by atoms with van der Waals surface area (Å²) in [7, 11) is 0. The Bertz CT molecular complexity index is 597. The van der Waals surface area contributed by atoms with Crippen molar-refractivity contribution in [3.8, 4) is 0 Å². The van der Waals surface area contributed by atoms with Crippen molar-refractivity contribution < 1.29 is 18.7 Å². The molecule has 132 valence electrons. The lowest BCUT2D eigenvalue weighted by Crippen LogP contribution is -2.49. The number of rotatable bonds is 5. The average Bonchev–Trinajstić information content (AvgIpc) is 2.80. The zero-order chi connectivity index (χ0) is 17.3. The molecule has 1 aromatic carbocycles. The van der Waals surface area contributed by atoms with Crippen LogP contribution in [0.15, 0.2) is 18.2 Å². The highest BCUT2D eigenvalue weighted by Crippen LogP contribution is 2.41. The highest BCUT2D eigenvalue weighted by molar-refractivity contribution is 5.90. The first kappa shape index (κ1) is 17.3. The van der Waals surface area contributed by atoms with Gasteiger partial charge in [0, 0.05) is 30.6 Å². The van der Waals surface area contributed by atoms with Crippen LogP contribution in [-0.2, 0) is 4.79 Å². The number of hydrogen-bond donors (Lipinski definition) is 2. The fourth-order valence-corrected chi connectivity index (χ4v) is 4.36. The van der Waals surface area contributed by atoms with Crippen molar-refractivity contribution in [1.82, 2.24) is 4.90 Å². The maximum Gasteiger partial charge on any atom is 0.224 e. The topological polar surface area (TPSA) is 52.6 Å². The molecule has 0 radical (unpaired) electrons. The number of fused-ring (bicyclic) bond motifs is 2. The van der Waals surface area contributed by atoms with Crippen LogP contribution in [0.25, 0.3) is 0 Å². The summed E-state index contributed by atoms with van der Waals surface area (Å²) >= 11 is 0. The van der Waals surface area contributed by atoms with E-state index in [4.69, 9.17) is 0 Å². The minimum absolute atomic E-state index is 0.0238. The van der Waals surface area contributed by atoms with E-state index in [2.05, 4.69) is 10.2 Å². The van der Waals surface area contributed by atoms with Crippen molar-refractivity contribution in [3.05, 3.63) is 29.8 Å². The summed E-state index contributed by atoms with van der Waals surface area (Å²) in [5, 5.41) is 11.9. The molecule has 24 heavy (non-hydrogen) atoms. The molecule has 2 fully saturated rings. The summed E-state index contributed by atoms with van der Waals surface area (Å²) in [6.45, 7) is 2.19. The highest BCUT2D eigenvalue weighted by Gasteiger charge is 2.42. The predicted octanol–water partition coefficient (Wildman–Crippen LogP) is 2.92. The third-order valence-electron chi connectivity index (χ3n) is 5.34. The third-order valence-corrected chi connectivity index (χ3v) is 5.34. The fourth-order valence-electron chi connectivity index (χ4n) is 4.36. The van der Waals surface area contributed by atoms with Crippen LogP contribution < -0.4 is 5.32 Å². The van der Waals surface area contributed by atoms with Gasteiger partial charge < -0.3 is 10.4 Å². The summed E-state index contributed by atoms with van der Waals surface area (Å²) < 4.78 is 26.5. The van der Waals surface area contributed by atoms with Gasteiger partial charge in [0.1, 0.15) is 11.6 Å². The van der Waals surface area contributed by atoms with Crippen LogP contribution in [0.2, 0.25) is 0 Å². The number of aliphatic hydroxyl groups is 1. The molecular weight excluding hydrogens is 314 g/mol. The number of aliphatic hydroxyl groups excluding tert-OH is 1. The normalized spacial score (nSPS) is 27.9. The van der Waals surface area contributed by atoms with E-state index in [1.54, 1.807) is 0 Å². The largest absolute Gasteiger partial charge is 0.395 e. The molecule has 6 heteroatoms. The number of halogens is 2. The van der Waals surface area contributed by atoms with Gasteiger partial charge in [-0.3, -0.25) is 9.69 Å². The van der Waals surface area contributed by atoms with Crippen LogP contribution in [0.5, 0.6) is 0 Å². The molecule has 0 aromatic heterocycles. The molecule has 2 N–H and O–H groups in total. The van der Waals surface area contributed by atoms with Crippen LogP contribution in [0, 0.1) is 17.6 Å². The summed E-state index contributed by atoms with van der Waals surface area (Å²) in [5.74, 6) is -1.37. The number of nitrogens with zero attached hydrogens (tertiary/aromatic N) is 1. The third kappa shape index (κ3) is 3.59. The SMILES string of the molecule is C[C@H](CO)N1C2CC[C@H]1C[C@@H](CC(=O)Nc1ccc(F)cc1F)C2. The van der Waals surface area contributed by atoms with E-state index in [0.717, 1.165) is 37.8 Å². The molecule has 4 atom stereocenters. The van der Waals surface area contributed by atoms with Gasteiger partial charge in [-0.05, 0) is 50.7 Å². The minimum Gasteiger partial charge on any atom is -0.395 e. The molecule has 0 saturated carbocycles. The van der Waals surface area contributed by atoms with Crippen LogP contribution in [-0.4, -0.2) is 40.6 Å². The Morgan fingerprint density at radius 1 is 1.33 bits per heavy atom. The van der Waals surface area contributed by atoms with Crippen LogP contribution in [0.1, 0.15) is 39.0 Å². The molecule has 1 amide bonds. The zero-order valence-electron chi connectivity index (χ0n) is 13.8. The number of anilines is 1. The Hall–Kier alpha value is -1.53. The van der Waals surface area contributed by atoms with Gasteiger partial charge in [-0.15, -0.1) is 0 Å². The van der Waals surface area contributed by atoms with Crippen molar-refractivity contribution in [2.45, 2.75) is 57.2 Å². The molecule has 2 aliphatic heterocycles. The van der Waals surface area contributed by atoms with E-state index in [1.807, 2.05) is 6.92 Å². The van der Waals surface area contributed by atoms with E-state index in [9.17, 15) is 18.7 Å². The summed E-state index contributed by atoms with van der Waals surface area (Å²) in [6.07, 6.45) is 4.44. The molecule has 0 spiro atoms. The summed E-state index contributed by atoms with van der Waals surface area (Å²) in [5.41, 5.74) is 0.0238. The first-order valence-corrected chi connectivity index (χ1v) is 8.61. The van der Waals surface area contributed by atoms with Crippen molar-refractivity contribution in [2.75, 3.05) is 11.9 Å². The molecule has 2 saturated heterocycles. The Balaban J connectivity index is 1.57. The van der Waals surface area contributed by atoms with Gasteiger partial charge in [-0.25, -0.2) is 8.78 Å². The Labute approximate surface area is 140 Å². The van der Waals surface area contributed by atoms with E-state index >= 15 is 0 Å². The number of benzene rings is 1. The average molecular weight is 338 g/mol. The summed E-state index contributed by atoms with van der Waals surface area (Å²) in [6, 6.07) is 4.15. The highest BCUT2D eigenvalue weighted by atomic mass is 19.1. The Morgan fingerprint density at radius 2 is 2.00 bits per heavy atom. The van der Waals surface area contributed by atoms with Crippen molar-refractivity contribution in [2.24, 2.45) is 5.92 Å². The van der Waals surface area contributed by atoms with Crippen molar-refractivity contribution >= 4 is 11.6 Å². The zero-order valence-corrected chi connectivity index (χ0v) is 13.8. The molecule has 2 heterocycles. The van der Waals surface area contributed by atoms with E-state index in [1.165, 1.54) is 6.07 Å². The molecule has 1 aromatic rings. The molecular formula is C18H24F2N2O2. The Morgan fingerprint density at radius 3 is 2.58 bits per heavy atom. The molecule has 0 aliphatic carbocycles. The molecule has 3 rings (SSSR count). The molecule has 1 unspecified atom stereocenters. The first-order chi connectivity index (χ1) is 11.5. The molecule has 2 aliphatic rings. The van der Waals surface area contributed by atoms with Crippen LogP contribution in [0.4, 0.5) is 14.5 Å². The number of amides is 1. The lowest BCUT2D eigenvalue weighted by atomic mass is 9.87. The lowest BCUT2D eigenvalue weighted by Gasteiger charge is -2.42. The van der Waals surface area contributed by atoms with Gasteiger partial charge >= 0.3 is 0 Å². The van der Waals surface area contributed by atoms with Gasteiger partial charge in [-0.1, -0.05) is 0 Å². The number of hydrogen-bond acceptors (Lipinski definition) is 3. The maximum atomic E-state index is 13.6. The molecule has 2 bridgehead atoms. The predicted molar refractivity (Wildman–Crippen MR) is 87.5 cm³/mol. The van der Waals surface area contributed by atoms with Gasteiger partial charge in [0.2, 0.25) is 5.91 Å². The number of nitrogens with one attached hydrogen (secondary N) is 1. The monoisotopic (exact) mass is 338 g/mol. The molecule has 4 nitrogen and oxygen atoms in total. The van der Waals surface area contributed by atoms with Crippen LogP contribution in [0.3, 0.4) is 0 Å². The fraction of sp³-hybridized carbons (Fsp3) is 0.611. The van der Waals surface area contributed by atoms with Crippen molar-refractivity contribution in [1.29, 1.82) is 0 Å². The minimum atomic E-state index is -0.755. The number of piperidine rings is 1. The first-order valence-electron chi connectivity index (χ1n) is 8.61. The van der Waals surface area contributed by atoms with Gasteiger partial charge in [0.25, 0.3) is 0 Å². The smallest absolute Gasteiger partial charge is 0.224 e. The standard InChI is InChI=1S/C18H24F2N2O2/c1-11(10-23)22-14-3-4-15(22)7-12(6-14)8-18(24)21-17-5-2-13(19)9-16(17)20/h2,5,9,11-12,14-15,23H,3-4,6-8,10H2,1H3,(H,21,24)/t11-,12-,14+,15?/m1/s1. The van der Waals surface area contributed by atoms with E-state index in [-0.39, 0.29) is 30.2 Å². The maximum absolute atomic E-state index is 13.6. The van der Waals surface area contributed by atoms with Crippen molar-refractivity contribution in [3.63, 3.8) is 0 Å². The van der Waals surface area contributed by atoms with E-state index in [0.29, 0.717) is 18.5 Å². The quantitative estimate of drug-likeness (QED) is 0.868. The Kier molecular flexibility index (Phi) is 5.15. The lowest BCUT2D eigenvalue weighted by molar-refractivity contribution is -0.117. The second-order valence-corrected chi connectivity index (χ2v) is 7.08. The second kappa shape index (κ2) is 7.15. The van der Waals surface area contributed by atoms with Gasteiger partial charge in [0.05, 0.1) is 12.3 Å². The van der Waals surface area contributed by atoms with E-state index < -0.39 is 11.6 Å². The van der Waals surface area contributed by atoms with Crippen LogP contribution >= 0.6 is 0 Å². The number of carbonyl (C=O) groups excluding carboxylic acids is 1. The second-order valence-electron chi connectivity index (χ2n) is 7.08. The van der Waals surface area contributed by atoms with Gasteiger partial charge in [-0.2, -0.15) is 0 Å². The number of carbonyl (C=O) groups is 1. The van der Waals surface area contributed by atoms with Gasteiger partial charge in [0.15, 0.2) is 0 Å².